The zero-order chi connectivity index (χ0) is 47.1. The summed E-state index contributed by atoms with van der Waals surface area (Å²) in [6.45, 7) is 11.0. The van der Waals surface area contributed by atoms with Crippen molar-refractivity contribution in [3.05, 3.63) is 59.7 Å². The van der Waals surface area contributed by atoms with Crippen molar-refractivity contribution >= 4 is 41.6 Å². The summed E-state index contributed by atoms with van der Waals surface area (Å²) in [7, 11) is 0. The first-order chi connectivity index (χ1) is 30.3. The molecular weight excluding hydrogens is 835 g/mol. The number of ketones is 1. The first-order valence-corrected chi connectivity index (χ1v) is 21.5. The zero-order valence-corrected chi connectivity index (χ0v) is 37.8. The summed E-state index contributed by atoms with van der Waals surface area (Å²) >= 11 is 0. The summed E-state index contributed by atoms with van der Waals surface area (Å²) in [6, 6.07) is 13.3. The second kappa shape index (κ2) is 27.0. The average Bonchev–Trinajstić information content (AvgIpc) is 3.54. The third-order valence-corrected chi connectivity index (χ3v) is 9.22. The molecule has 18 nitrogen and oxygen atoms in total. The topological polar surface area (TPSA) is 240 Å². The normalized spacial score (nSPS) is 13.2. The quantitative estimate of drug-likeness (QED) is 0.0507. The maximum Gasteiger partial charge on any atom is 0.407 e. The maximum atomic E-state index is 13.3. The minimum atomic E-state index is -1.26. The maximum absolute atomic E-state index is 13.3. The lowest BCUT2D eigenvalue weighted by Gasteiger charge is -2.26. The molecule has 0 bridgehead atoms. The summed E-state index contributed by atoms with van der Waals surface area (Å²) in [5, 5.41) is 16.4. The molecule has 0 spiro atoms. The molecule has 18 heteroatoms. The van der Waals surface area contributed by atoms with Gasteiger partial charge in [0.05, 0.1) is 33.0 Å². The van der Waals surface area contributed by atoms with Crippen LogP contribution >= 0.6 is 0 Å². The molecule has 0 aliphatic heterocycles. The largest absolute Gasteiger partial charge is 0.480 e. The lowest BCUT2D eigenvalue weighted by Crippen LogP contribution is -2.47. The fourth-order valence-electron chi connectivity index (χ4n) is 6.42. The number of rotatable bonds is 29. The lowest BCUT2D eigenvalue weighted by molar-refractivity contribution is -0.160. The Labute approximate surface area is 374 Å². The van der Waals surface area contributed by atoms with Gasteiger partial charge in [-0.3, -0.25) is 14.4 Å². The van der Waals surface area contributed by atoms with E-state index in [0.29, 0.717) is 13.0 Å². The van der Waals surface area contributed by atoms with Crippen LogP contribution in [-0.2, 0) is 61.9 Å². The molecular formula is C46H65N3O15. The molecule has 0 saturated carbocycles. The Kier molecular flexibility index (Phi) is 22.3. The highest BCUT2D eigenvalue weighted by atomic mass is 16.6. The summed E-state index contributed by atoms with van der Waals surface area (Å²) in [5.74, 6) is -3.91. The number of amides is 3. The average molecular weight is 900 g/mol. The van der Waals surface area contributed by atoms with Gasteiger partial charge >= 0.3 is 24.0 Å². The van der Waals surface area contributed by atoms with Crippen molar-refractivity contribution in [3.63, 3.8) is 0 Å². The fourth-order valence-corrected chi connectivity index (χ4v) is 6.42. The van der Waals surface area contributed by atoms with Gasteiger partial charge in [-0.25, -0.2) is 19.2 Å². The molecule has 0 saturated heterocycles. The number of Topliss-reactive ketones (excluding diaryl/α,β-unsaturated/α-hetero) is 1. The van der Waals surface area contributed by atoms with E-state index in [0.717, 1.165) is 22.3 Å². The molecule has 4 N–H and O–H groups in total. The van der Waals surface area contributed by atoms with Gasteiger partial charge < -0.3 is 54.2 Å². The Morgan fingerprint density at radius 2 is 1.11 bits per heavy atom. The molecule has 2 aromatic carbocycles. The van der Waals surface area contributed by atoms with Crippen LogP contribution in [0, 0.1) is 0 Å². The van der Waals surface area contributed by atoms with Crippen molar-refractivity contribution in [1.29, 1.82) is 0 Å². The molecule has 2 aromatic rings. The minimum Gasteiger partial charge on any atom is -0.480 e. The number of hydrogen-bond acceptors (Lipinski definition) is 14. The number of ether oxygens (including phenoxy) is 7. The number of carboxylic acid groups (broad SMARTS) is 1. The van der Waals surface area contributed by atoms with Crippen molar-refractivity contribution in [3.8, 4) is 11.1 Å². The summed E-state index contributed by atoms with van der Waals surface area (Å²) < 4.78 is 37.6. The van der Waals surface area contributed by atoms with E-state index in [1.54, 1.807) is 41.5 Å². The molecule has 1 aliphatic rings. The Morgan fingerprint density at radius 1 is 0.609 bits per heavy atom. The zero-order valence-electron chi connectivity index (χ0n) is 37.8. The number of aliphatic carboxylic acids is 1. The fraction of sp³-hybridized carbons (Fsp3) is 0.587. The van der Waals surface area contributed by atoms with E-state index in [1.165, 1.54) is 0 Å². The molecule has 3 amide bonds. The van der Waals surface area contributed by atoms with E-state index >= 15 is 0 Å². The van der Waals surface area contributed by atoms with E-state index < -0.39 is 59.1 Å². The molecule has 1 aliphatic carbocycles. The summed E-state index contributed by atoms with van der Waals surface area (Å²) in [6.07, 6.45) is -0.808. The highest BCUT2D eigenvalue weighted by Crippen LogP contribution is 2.44. The second-order valence-corrected chi connectivity index (χ2v) is 17.0. The molecule has 0 unspecified atom stereocenters. The van der Waals surface area contributed by atoms with Gasteiger partial charge in [-0.15, -0.1) is 0 Å². The molecule has 3 rings (SSSR count). The molecule has 0 radical (unpaired) electrons. The monoisotopic (exact) mass is 899 g/mol. The second-order valence-electron chi connectivity index (χ2n) is 17.0. The number of esters is 2. The first kappa shape index (κ1) is 52.9. The molecule has 2 atom stereocenters. The number of hydrogen-bond donors (Lipinski definition) is 4. The van der Waals surface area contributed by atoms with Crippen LogP contribution in [0.1, 0.15) is 97.1 Å². The third kappa shape index (κ3) is 20.8. The molecule has 64 heavy (non-hydrogen) atoms. The van der Waals surface area contributed by atoms with Gasteiger partial charge in [0.2, 0.25) is 11.8 Å². The third-order valence-electron chi connectivity index (χ3n) is 9.22. The van der Waals surface area contributed by atoms with E-state index in [1.807, 2.05) is 48.5 Å². The van der Waals surface area contributed by atoms with Crippen LogP contribution in [-0.4, -0.2) is 136 Å². The number of benzene rings is 2. The van der Waals surface area contributed by atoms with Crippen molar-refractivity contribution < 1.29 is 71.8 Å². The van der Waals surface area contributed by atoms with E-state index in [9.17, 15) is 33.6 Å². The number of carbonyl (C=O) groups excluding carboxylic acids is 6. The van der Waals surface area contributed by atoms with Crippen LogP contribution in [0.15, 0.2) is 48.5 Å². The van der Waals surface area contributed by atoms with E-state index in [2.05, 4.69) is 16.0 Å². The van der Waals surface area contributed by atoms with Gasteiger partial charge in [0, 0.05) is 38.3 Å². The Hall–Kier alpha value is -5.43. The highest BCUT2D eigenvalue weighted by Gasteiger charge is 2.32. The van der Waals surface area contributed by atoms with Crippen LogP contribution in [0.3, 0.4) is 0 Å². The van der Waals surface area contributed by atoms with Gasteiger partial charge in [-0.1, -0.05) is 48.5 Å². The van der Waals surface area contributed by atoms with Crippen LogP contribution in [0.2, 0.25) is 0 Å². The van der Waals surface area contributed by atoms with Crippen LogP contribution in [0.5, 0.6) is 0 Å². The van der Waals surface area contributed by atoms with Gasteiger partial charge in [0.15, 0.2) is 5.78 Å². The van der Waals surface area contributed by atoms with Crippen LogP contribution in [0.4, 0.5) is 4.79 Å². The smallest absolute Gasteiger partial charge is 0.407 e. The van der Waals surface area contributed by atoms with Crippen molar-refractivity contribution in [2.75, 3.05) is 66.0 Å². The van der Waals surface area contributed by atoms with E-state index in [-0.39, 0.29) is 103 Å². The van der Waals surface area contributed by atoms with Gasteiger partial charge in [-0.2, -0.15) is 0 Å². The number of carboxylic acids is 1. The molecule has 0 heterocycles. The SMILES string of the molecule is CC(C)(C)OC(=O)[C@H](CCC(=O)NCCOCCOCC(=O)CCCOCCOCC(=O)O)NC(=O)CC[C@H](NC(=O)OCC1c2ccccc2-c2ccccc21)C(=O)OC(C)(C)C. The van der Waals surface area contributed by atoms with Gasteiger partial charge in [0.25, 0.3) is 0 Å². The number of nitrogens with one attached hydrogen (secondary N) is 3. The van der Waals surface area contributed by atoms with Crippen molar-refractivity contribution in [2.24, 2.45) is 0 Å². The summed E-state index contributed by atoms with van der Waals surface area (Å²) in [5.41, 5.74) is 2.38. The van der Waals surface area contributed by atoms with Crippen LogP contribution in [0.25, 0.3) is 11.1 Å². The molecule has 354 valence electrons. The molecule has 0 fully saturated rings. The van der Waals surface area contributed by atoms with Crippen LogP contribution < -0.4 is 16.0 Å². The Balaban J connectivity index is 1.42. The Morgan fingerprint density at radius 3 is 1.67 bits per heavy atom. The standard InChI is InChI=1S/C46H65N3O15/c1-45(2,3)63-42(55)37(17-19-39(51)47-21-23-59-25-26-60-28-31(50)12-11-22-58-24-27-61-30-41(53)54)48-40(52)20-18-38(43(56)64-46(4,5)6)49-44(57)62-29-36-34-15-9-7-13-32(34)33-14-8-10-16-35(33)36/h7-10,13-16,36-38H,11-12,17-30H2,1-6H3,(H,47,51)(H,48,52)(H,49,57)(H,53,54)/t37-,38-/m0/s1. The van der Waals surface area contributed by atoms with Gasteiger partial charge in [0.1, 0.15) is 43.1 Å². The first-order valence-electron chi connectivity index (χ1n) is 21.5. The number of alkyl carbamates (subject to hydrolysis) is 1. The van der Waals surface area contributed by atoms with Crippen molar-refractivity contribution in [2.45, 2.75) is 109 Å². The predicted molar refractivity (Wildman–Crippen MR) is 232 cm³/mol. The molecule has 0 aromatic heterocycles. The van der Waals surface area contributed by atoms with Crippen molar-refractivity contribution in [1.82, 2.24) is 16.0 Å². The minimum absolute atomic E-state index is 0.0102. The Bertz CT molecular complexity index is 1810. The van der Waals surface area contributed by atoms with Gasteiger partial charge in [-0.05, 0) is 83.1 Å². The highest BCUT2D eigenvalue weighted by molar-refractivity contribution is 5.87. The van der Waals surface area contributed by atoms with E-state index in [4.69, 9.17) is 38.3 Å². The number of carbonyl (C=O) groups is 7. The predicted octanol–water partition coefficient (Wildman–Crippen LogP) is 4.24. The lowest BCUT2D eigenvalue weighted by atomic mass is 9.98. The summed E-state index contributed by atoms with van der Waals surface area (Å²) in [4.78, 5) is 87.9. The number of fused-ring (bicyclic) bond motifs is 3.